The Morgan fingerprint density at radius 3 is 2.43 bits per heavy atom. The lowest BCUT2D eigenvalue weighted by atomic mass is 10.00. The predicted octanol–water partition coefficient (Wildman–Crippen LogP) is 3.82. The molecule has 2 aromatic carbocycles. The number of nitrogens with zero attached hydrogens (tertiary/aromatic N) is 1. The minimum Gasteiger partial charge on any atom is -0.361 e. The van der Waals surface area contributed by atoms with E-state index in [9.17, 15) is 4.79 Å². The van der Waals surface area contributed by atoms with E-state index in [1.807, 2.05) is 36.4 Å². The fraction of sp³-hybridized carbons (Fsp3) is 0.350. The Kier molecular flexibility index (Phi) is 3.98. The van der Waals surface area contributed by atoms with Gasteiger partial charge in [-0.3, -0.25) is 9.69 Å². The van der Waals surface area contributed by atoms with Gasteiger partial charge in [-0.2, -0.15) is 0 Å². The van der Waals surface area contributed by atoms with E-state index in [2.05, 4.69) is 29.2 Å². The molecule has 3 heteroatoms. The van der Waals surface area contributed by atoms with Crippen molar-refractivity contribution in [1.82, 2.24) is 4.90 Å². The van der Waals surface area contributed by atoms with Crippen molar-refractivity contribution in [3.63, 3.8) is 0 Å². The Labute approximate surface area is 136 Å². The highest BCUT2D eigenvalue weighted by atomic mass is 16.5. The van der Waals surface area contributed by atoms with Crippen molar-refractivity contribution >= 4 is 5.78 Å². The molecule has 2 saturated heterocycles. The van der Waals surface area contributed by atoms with Gasteiger partial charge in [0.1, 0.15) is 6.23 Å². The predicted molar refractivity (Wildman–Crippen MR) is 89.2 cm³/mol. The Hall–Kier alpha value is -1.97. The molecule has 0 aliphatic carbocycles. The van der Waals surface area contributed by atoms with Gasteiger partial charge in [0.15, 0.2) is 5.78 Å². The lowest BCUT2D eigenvalue weighted by Crippen LogP contribution is -2.35. The second-order valence-electron chi connectivity index (χ2n) is 6.39. The van der Waals surface area contributed by atoms with Crippen molar-refractivity contribution in [3.8, 4) is 0 Å². The molecule has 3 nitrogen and oxygen atoms in total. The number of carbonyl (C=O) groups excluding carboxylic acids is 1. The van der Waals surface area contributed by atoms with Gasteiger partial charge in [0.25, 0.3) is 0 Å². The number of benzene rings is 2. The van der Waals surface area contributed by atoms with Crippen molar-refractivity contribution in [1.29, 1.82) is 0 Å². The van der Waals surface area contributed by atoms with Gasteiger partial charge < -0.3 is 4.74 Å². The molecule has 0 amide bonds. The fourth-order valence-electron chi connectivity index (χ4n) is 3.89. The molecule has 118 valence electrons. The summed E-state index contributed by atoms with van der Waals surface area (Å²) in [5.74, 6) is 0.231. The first-order chi connectivity index (χ1) is 11.3. The summed E-state index contributed by atoms with van der Waals surface area (Å²) in [6.07, 6.45) is 2.81. The standard InChI is InChI=1S/C20H21NO2/c22-19(16-9-5-2-6-10-16)13-17-11-12-20-21(17)18(14-23-20)15-7-3-1-4-8-15/h1-10,17-18,20H,11-14H2. The quantitative estimate of drug-likeness (QED) is 0.804. The molecule has 4 rings (SSSR count). The molecule has 2 aliphatic rings. The van der Waals surface area contributed by atoms with E-state index < -0.39 is 0 Å². The molecule has 2 aromatic rings. The molecule has 2 aliphatic heterocycles. The largest absolute Gasteiger partial charge is 0.361 e. The zero-order chi connectivity index (χ0) is 15.6. The van der Waals surface area contributed by atoms with Crippen molar-refractivity contribution in [2.24, 2.45) is 0 Å². The number of ketones is 1. The number of hydrogen-bond acceptors (Lipinski definition) is 3. The third-order valence-corrected chi connectivity index (χ3v) is 5.01. The first-order valence-corrected chi connectivity index (χ1v) is 8.35. The highest BCUT2D eigenvalue weighted by Gasteiger charge is 2.44. The van der Waals surface area contributed by atoms with Gasteiger partial charge in [0.05, 0.1) is 12.6 Å². The van der Waals surface area contributed by atoms with E-state index in [1.165, 1.54) is 5.56 Å². The Balaban J connectivity index is 1.52. The monoisotopic (exact) mass is 307 g/mol. The molecular formula is C20H21NO2. The van der Waals surface area contributed by atoms with Crippen LogP contribution in [0.25, 0.3) is 0 Å². The molecule has 0 spiro atoms. The maximum atomic E-state index is 12.6. The fourth-order valence-corrected chi connectivity index (χ4v) is 3.89. The number of Topliss-reactive ketones (excluding diaryl/α,β-unsaturated/α-hetero) is 1. The first-order valence-electron chi connectivity index (χ1n) is 8.35. The van der Waals surface area contributed by atoms with Gasteiger partial charge in [0, 0.05) is 18.0 Å². The van der Waals surface area contributed by atoms with E-state index in [0.717, 1.165) is 25.0 Å². The molecule has 0 N–H and O–H groups in total. The maximum Gasteiger partial charge on any atom is 0.164 e. The van der Waals surface area contributed by atoms with Crippen LogP contribution in [0, 0.1) is 0 Å². The van der Waals surface area contributed by atoms with Crippen LogP contribution in [0.2, 0.25) is 0 Å². The van der Waals surface area contributed by atoms with Crippen LogP contribution in [-0.2, 0) is 4.74 Å². The van der Waals surface area contributed by atoms with Gasteiger partial charge >= 0.3 is 0 Å². The Morgan fingerprint density at radius 1 is 1.00 bits per heavy atom. The molecular weight excluding hydrogens is 286 g/mol. The molecule has 2 heterocycles. The van der Waals surface area contributed by atoms with Crippen molar-refractivity contribution in [3.05, 3.63) is 71.8 Å². The summed E-state index contributed by atoms with van der Waals surface area (Å²) in [7, 11) is 0. The van der Waals surface area contributed by atoms with Crippen LogP contribution in [0.3, 0.4) is 0 Å². The normalized spacial score (nSPS) is 27.0. The summed E-state index contributed by atoms with van der Waals surface area (Å²) in [4.78, 5) is 15.0. The zero-order valence-corrected chi connectivity index (χ0v) is 13.1. The third-order valence-electron chi connectivity index (χ3n) is 5.01. The van der Waals surface area contributed by atoms with Crippen LogP contribution >= 0.6 is 0 Å². The van der Waals surface area contributed by atoms with Crippen LogP contribution in [0.4, 0.5) is 0 Å². The molecule has 0 bridgehead atoms. The summed E-state index contributed by atoms with van der Waals surface area (Å²) in [6, 6.07) is 20.7. The average molecular weight is 307 g/mol. The van der Waals surface area contributed by atoms with Crippen molar-refractivity contribution < 1.29 is 9.53 Å². The van der Waals surface area contributed by atoms with Crippen LogP contribution in [-0.4, -0.2) is 29.6 Å². The van der Waals surface area contributed by atoms with Gasteiger partial charge in [-0.05, 0) is 18.4 Å². The number of hydrogen-bond donors (Lipinski definition) is 0. The van der Waals surface area contributed by atoms with Gasteiger partial charge in [-0.25, -0.2) is 0 Å². The number of ether oxygens (including phenoxy) is 1. The summed E-state index contributed by atoms with van der Waals surface area (Å²) in [5, 5.41) is 0. The summed E-state index contributed by atoms with van der Waals surface area (Å²) in [5.41, 5.74) is 2.10. The van der Waals surface area contributed by atoms with Gasteiger partial charge in [-0.15, -0.1) is 0 Å². The molecule has 0 aromatic heterocycles. The van der Waals surface area contributed by atoms with E-state index in [4.69, 9.17) is 4.74 Å². The van der Waals surface area contributed by atoms with Crippen LogP contribution in [0.15, 0.2) is 60.7 Å². The highest BCUT2D eigenvalue weighted by Crippen LogP contribution is 2.41. The molecule has 3 unspecified atom stereocenters. The smallest absolute Gasteiger partial charge is 0.164 e. The lowest BCUT2D eigenvalue weighted by molar-refractivity contribution is 0.0442. The van der Waals surface area contributed by atoms with E-state index in [1.54, 1.807) is 0 Å². The zero-order valence-electron chi connectivity index (χ0n) is 13.1. The molecule has 2 fully saturated rings. The molecule has 0 radical (unpaired) electrons. The van der Waals surface area contributed by atoms with Crippen molar-refractivity contribution in [2.75, 3.05) is 6.61 Å². The van der Waals surface area contributed by atoms with Gasteiger partial charge in [-0.1, -0.05) is 60.7 Å². The summed E-state index contributed by atoms with van der Waals surface area (Å²) in [6.45, 7) is 0.727. The van der Waals surface area contributed by atoms with Crippen LogP contribution < -0.4 is 0 Å². The van der Waals surface area contributed by atoms with Crippen LogP contribution in [0.5, 0.6) is 0 Å². The second-order valence-corrected chi connectivity index (χ2v) is 6.39. The second kappa shape index (κ2) is 6.26. The molecule has 23 heavy (non-hydrogen) atoms. The number of carbonyl (C=O) groups is 1. The highest BCUT2D eigenvalue weighted by molar-refractivity contribution is 5.96. The molecule has 0 saturated carbocycles. The third kappa shape index (κ3) is 2.82. The van der Waals surface area contributed by atoms with E-state index in [-0.39, 0.29) is 24.1 Å². The lowest BCUT2D eigenvalue weighted by Gasteiger charge is -2.28. The van der Waals surface area contributed by atoms with Crippen LogP contribution in [0.1, 0.15) is 41.2 Å². The van der Waals surface area contributed by atoms with Gasteiger partial charge in [0.2, 0.25) is 0 Å². The van der Waals surface area contributed by atoms with E-state index in [0.29, 0.717) is 6.42 Å². The summed E-state index contributed by atoms with van der Waals surface area (Å²) < 4.78 is 5.98. The Bertz CT molecular complexity index is 671. The first kappa shape index (κ1) is 14.6. The van der Waals surface area contributed by atoms with Crippen molar-refractivity contribution in [2.45, 2.75) is 37.6 Å². The SMILES string of the molecule is O=C(CC1CCC2OCC(c3ccccc3)N12)c1ccccc1. The minimum atomic E-state index is 0.175. The maximum absolute atomic E-state index is 12.6. The van der Waals surface area contributed by atoms with E-state index >= 15 is 0 Å². The summed E-state index contributed by atoms with van der Waals surface area (Å²) >= 11 is 0. The molecule has 3 atom stereocenters. The minimum absolute atomic E-state index is 0.175. The Morgan fingerprint density at radius 2 is 1.70 bits per heavy atom. The topological polar surface area (TPSA) is 29.5 Å². The number of fused-ring (bicyclic) bond motifs is 1. The number of rotatable bonds is 4. The average Bonchev–Trinajstić information content (AvgIpc) is 3.19.